The highest BCUT2D eigenvalue weighted by molar-refractivity contribution is 5.68. The second-order valence-corrected chi connectivity index (χ2v) is 7.74. The van der Waals surface area contributed by atoms with Crippen molar-refractivity contribution in [3.8, 4) is 11.1 Å². The summed E-state index contributed by atoms with van der Waals surface area (Å²) in [5.41, 5.74) is 3.13. The summed E-state index contributed by atoms with van der Waals surface area (Å²) < 4.78 is 50.5. The first kappa shape index (κ1) is 20.6. The molecular weight excluding hydrogens is 364 g/mol. The summed E-state index contributed by atoms with van der Waals surface area (Å²) in [6.45, 7) is 2.25. The van der Waals surface area contributed by atoms with Crippen LogP contribution in [0.25, 0.3) is 17.0 Å². The minimum atomic E-state index is -4.66. The highest BCUT2D eigenvalue weighted by atomic mass is 19.4. The molecule has 1 saturated carbocycles. The molecule has 2 aromatic carbocycles. The van der Waals surface area contributed by atoms with Crippen LogP contribution in [0.4, 0.5) is 17.6 Å². The van der Waals surface area contributed by atoms with Crippen molar-refractivity contribution >= 4 is 5.83 Å². The van der Waals surface area contributed by atoms with E-state index in [2.05, 4.69) is 19.1 Å². The normalized spacial score (nSPS) is 21.0. The Hall–Kier alpha value is -2.10. The molecular formula is C24H26F4. The van der Waals surface area contributed by atoms with Gasteiger partial charge in [0, 0.05) is 5.56 Å². The van der Waals surface area contributed by atoms with E-state index in [9.17, 15) is 17.6 Å². The number of hydrogen-bond acceptors (Lipinski definition) is 0. The van der Waals surface area contributed by atoms with Crippen molar-refractivity contribution in [1.29, 1.82) is 0 Å². The number of allylic oxidation sites excluding steroid dienone is 1. The van der Waals surface area contributed by atoms with Gasteiger partial charge in [-0.15, -0.1) is 0 Å². The molecule has 1 fully saturated rings. The lowest BCUT2D eigenvalue weighted by Crippen LogP contribution is -2.13. The van der Waals surface area contributed by atoms with Gasteiger partial charge in [-0.25, -0.2) is 4.39 Å². The summed E-state index contributed by atoms with van der Waals surface area (Å²) >= 11 is 0. The van der Waals surface area contributed by atoms with Gasteiger partial charge in [0.05, 0.1) is 6.08 Å². The molecule has 0 radical (unpaired) electrons. The molecule has 3 rings (SSSR count). The van der Waals surface area contributed by atoms with Crippen molar-refractivity contribution < 1.29 is 17.6 Å². The molecule has 2 aromatic rings. The van der Waals surface area contributed by atoms with Crippen molar-refractivity contribution in [3.05, 3.63) is 65.7 Å². The number of halogens is 4. The quantitative estimate of drug-likeness (QED) is 0.450. The van der Waals surface area contributed by atoms with Crippen molar-refractivity contribution in [1.82, 2.24) is 0 Å². The van der Waals surface area contributed by atoms with Gasteiger partial charge < -0.3 is 0 Å². The lowest BCUT2D eigenvalue weighted by atomic mass is 9.77. The topological polar surface area (TPSA) is 0 Å². The van der Waals surface area contributed by atoms with E-state index in [4.69, 9.17) is 0 Å². The first-order valence-corrected chi connectivity index (χ1v) is 10.0. The van der Waals surface area contributed by atoms with Gasteiger partial charge in [0.1, 0.15) is 5.83 Å². The predicted molar refractivity (Wildman–Crippen MR) is 107 cm³/mol. The minimum Gasteiger partial charge on any atom is -0.206 e. The van der Waals surface area contributed by atoms with Gasteiger partial charge in [-0.2, -0.15) is 13.2 Å². The molecule has 0 aliphatic heterocycles. The van der Waals surface area contributed by atoms with Gasteiger partial charge in [-0.05, 0) is 54.2 Å². The third kappa shape index (κ3) is 5.46. The van der Waals surface area contributed by atoms with E-state index in [0.717, 1.165) is 17.0 Å². The molecule has 0 amide bonds. The van der Waals surface area contributed by atoms with Crippen LogP contribution in [-0.2, 0) is 0 Å². The zero-order valence-electron chi connectivity index (χ0n) is 16.1. The molecule has 150 valence electrons. The van der Waals surface area contributed by atoms with Gasteiger partial charge in [-0.3, -0.25) is 0 Å². The van der Waals surface area contributed by atoms with Crippen LogP contribution in [0.3, 0.4) is 0 Å². The molecule has 0 atom stereocenters. The molecule has 0 saturated heterocycles. The molecule has 0 unspecified atom stereocenters. The van der Waals surface area contributed by atoms with Gasteiger partial charge in [0.15, 0.2) is 0 Å². The van der Waals surface area contributed by atoms with Crippen molar-refractivity contribution in [3.63, 3.8) is 0 Å². The monoisotopic (exact) mass is 390 g/mol. The first-order chi connectivity index (χ1) is 13.4. The zero-order chi connectivity index (χ0) is 20.1. The average molecular weight is 390 g/mol. The molecule has 0 aromatic heterocycles. The fourth-order valence-electron chi connectivity index (χ4n) is 4.19. The van der Waals surface area contributed by atoms with Crippen LogP contribution in [-0.4, -0.2) is 6.18 Å². The lowest BCUT2D eigenvalue weighted by Gasteiger charge is -2.28. The first-order valence-electron chi connectivity index (χ1n) is 10.0. The second kappa shape index (κ2) is 8.93. The molecule has 0 nitrogen and oxygen atoms in total. The van der Waals surface area contributed by atoms with Crippen LogP contribution in [0.1, 0.15) is 62.5 Å². The van der Waals surface area contributed by atoms with Crippen LogP contribution in [0, 0.1) is 5.92 Å². The van der Waals surface area contributed by atoms with Crippen LogP contribution >= 0.6 is 0 Å². The Bertz CT molecular complexity index is 777. The summed E-state index contributed by atoms with van der Waals surface area (Å²) in [5, 5.41) is 0. The standard InChI is InChI=1S/C24H26F4/c1-2-3-17-4-6-18(7-5-17)19-8-10-20(11-9-19)21-12-14-22(15-13-21)23(25)16-24(26,27)28/h8-18H,2-7H2,1H3. The Balaban J connectivity index is 1.66. The van der Waals surface area contributed by atoms with Gasteiger partial charge in [0.25, 0.3) is 0 Å². The largest absolute Gasteiger partial charge is 0.412 e. The highest BCUT2D eigenvalue weighted by Crippen LogP contribution is 2.38. The summed E-state index contributed by atoms with van der Waals surface area (Å²) in [7, 11) is 0. The fraction of sp³-hybridized carbons (Fsp3) is 0.417. The van der Waals surface area contributed by atoms with Crippen LogP contribution in [0.15, 0.2) is 54.6 Å². The number of alkyl halides is 3. The Morgan fingerprint density at radius 2 is 1.43 bits per heavy atom. The van der Waals surface area contributed by atoms with Crippen molar-refractivity contribution in [2.45, 2.75) is 57.5 Å². The van der Waals surface area contributed by atoms with E-state index >= 15 is 0 Å². The Kier molecular flexibility index (Phi) is 6.58. The molecule has 0 bridgehead atoms. The molecule has 1 aliphatic rings. The van der Waals surface area contributed by atoms with Crippen LogP contribution in [0.5, 0.6) is 0 Å². The zero-order valence-corrected chi connectivity index (χ0v) is 16.1. The maximum Gasteiger partial charge on any atom is 0.412 e. The maximum atomic E-state index is 13.6. The van der Waals surface area contributed by atoms with Gasteiger partial charge in [-0.1, -0.05) is 68.3 Å². The van der Waals surface area contributed by atoms with E-state index in [1.54, 1.807) is 12.1 Å². The third-order valence-corrected chi connectivity index (χ3v) is 5.71. The highest BCUT2D eigenvalue weighted by Gasteiger charge is 2.25. The van der Waals surface area contributed by atoms with E-state index in [0.29, 0.717) is 5.92 Å². The smallest absolute Gasteiger partial charge is 0.206 e. The molecule has 4 heteroatoms. The van der Waals surface area contributed by atoms with Gasteiger partial charge >= 0.3 is 6.18 Å². The second-order valence-electron chi connectivity index (χ2n) is 7.74. The summed E-state index contributed by atoms with van der Waals surface area (Å²) in [6, 6.07) is 14.5. The van der Waals surface area contributed by atoms with Crippen molar-refractivity contribution in [2.24, 2.45) is 5.92 Å². The molecule has 0 N–H and O–H groups in total. The Morgan fingerprint density at radius 3 is 1.93 bits per heavy atom. The maximum absolute atomic E-state index is 13.6. The number of rotatable bonds is 5. The van der Waals surface area contributed by atoms with E-state index in [1.165, 1.54) is 56.2 Å². The van der Waals surface area contributed by atoms with Gasteiger partial charge in [0.2, 0.25) is 0 Å². The Morgan fingerprint density at radius 1 is 0.893 bits per heavy atom. The van der Waals surface area contributed by atoms with E-state index < -0.39 is 12.0 Å². The molecule has 0 heterocycles. The number of benzene rings is 2. The number of hydrogen-bond donors (Lipinski definition) is 0. The minimum absolute atomic E-state index is 0.0680. The Labute approximate surface area is 164 Å². The summed E-state index contributed by atoms with van der Waals surface area (Å²) in [6.07, 6.45) is 2.71. The van der Waals surface area contributed by atoms with E-state index in [-0.39, 0.29) is 11.6 Å². The summed E-state index contributed by atoms with van der Waals surface area (Å²) in [4.78, 5) is 0. The lowest BCUT2D eigenvalue weighted by molar-refractivity contribution is -0.0798. The summed E-state index contributed by atoms with van der Waals surface area (Å²) in [5.74, 6) is 0.227. The SMILES string of the molecule is CCCC1CCC(c2ccc(-c3ccc(C(F)=CC(F)(F)F)cc3)cc2)CC1. The third-order valence-electron chi connectivity index (χ3n) is 5.71. The average Bonchev–Trinajstić information content (AvgIpc) is 2.68. The molecule has 0 spiro atoms. The van der Waals surface area contributed by atoms with Crippen LogP contribution in [0.2, 0.25) is 0 Å². The fourth-order valence-corrected chi connectivity index (χ4v) is 4.19. The van der Waals surface area contributed by atoms with Crippen molar-refractivity contribution in [2.75, 3.05) is 0 Å². The molecule has 1 aliphatic carbocycles. The van der Waals surface area contributed by atoms with Crippen LogP contribution < -0.4 is 0 Å². The molecule has 28 heavy (non-hydrogen) atoms. The van der Waals surface area contributed by atoms with E-state index in [1.807, 2.05) is 12.1 Å². The predicted octanol–water partition coefficient (Wildman–Crippen LogP) is 8.30.